The molecule has 9 nitrogen and oxygen atoms in total. The third-order valence-electron chi connectivity index (χ3n) is 5.97. The fraction of sp³-hybridized carbons (Fsp3) is 0.348. The Bertz CT molecular complexity index is 1190. The molecule has 0 saturated carbocycles. The van der Waals surface area contributed by atoms with E-state index < -0.39 is 33.8 Å². The van der Waals surface area contributed by atoms with Gasteiger partial charge in [-0.2, -0.15) is 0 Å². The van der Waals surface area contributed by atoms with Crippen molar-refractivity contribution in [2.75, 3.05) is 11.4 Å². The van der Waals surface area contributed by atoms with Crippen molar-refractivity contribution in [2.45, 2.75) is 49.5 Å². The van der Waals surface area contributed by atoms with Crippen LogP contribution >= 0.6 is 0 Å². The summed E-state index contributed by atoms with van der Waals surface area (Å²) in [5.74, 6) is -1.36. The normalized spacial score (nSPS) is 19.0. The van der Waals surface area contributed by atoms with Gasteiger partial charge in [-0.05, 0) is 68.5 Å². The average Bonchev–Trinajstić information content (AvgIpc) is 3.43. The van der Waals surface area contributed by atoms with E-state index in [4.69, 9.17) is 9.56 Å². The van der Waals surface area contributed by atoms with Crippen molar-refractivity contribution < 1.29 is 27.2 Å². The van der Waals surface area contributed by atoms with Gasteiger partial charge in [0, 0.05) is 6.54 Å². The van der Waals surface area contributed by atoms with E-state index in [0.717, 1.165) is 30.6 Å². The first kappa shape index (κ1) is 22.9. The number of amides is 3. The molecule has 1 saturated heterocycles. The molecular weight excluding hydrogens is 446 g/mol. The zero-order valence-electron chi connectivity index (χ0n) is 18.0. The highest BCUT2D eigenvalue weighted by Gasteiger charge is 2.44. The van der Waals surface area contributed by atoms with Crippen LogP contribution in [0.3, 0.4) is 0 Å². The van der Waals surface area contributed by atoms with Gasteiger partial charge >= 0.3 is 0 Å². The van der Waals surface area contributed by atoms with Crippen molar-refractivity contribution in [2.24, 2.45) is 5.14 Å². The highest BCUT2D eigenvalue weighted by Crippen LogP contribution is 2.29. The van der Waals surface area contributed by atoms with Crippen LogP contribution in [-0.4, -0.2) is 43.6 Å². The SMILES string of the molecule is NS(=O)(=O)c1ccc(N2C(=O)CC(N(CCC3=CCCCC3)C(=O)c3ccco3)C2=O)cc1. The summed E-state index contributed by atoms with van der Waals surface area (Å²) in [4.78, 5) is 41.5. The van der Waals surface area contributed by atoms with Gasteiger partial charge in [0.25, 0.3) is 11.8 Å². The molecule has 33 heavy (non-hydrogen) atoms. The third kappa shape index (κ3) is 4.91. The van der Waals surface area contributed by atoms with E-state index in [0.29, 0.717) is 6.42 Å². The molecule has 1 aliphatic heterocycles. The van der Waals surface area contributed by atoms with E-state index >= 15 is 0 Å². The molecule has 2 aliphatic rings. The van der Waals surface area contributed by atoms with E-state index in [1.807, 2.05) is 0 Å². The predicted octanol–water partition coefficient (Wildman–Crippen LogP) is 2.59. The Hall–Kier alpha value is -3.24. The number of rotatable bonds is 7. The van der Waals surface area contributed by atoms with Crippen LogP contribution in [0.1, 0.15) is 49.1 Å². The van der Waals surface area contributed by atoms with Crippen LogP contribution in [0.2, 0.25) is 0 Å². The van der Waals surface area contributed by atoms with Gasteiger partial charge in [0.05, 0.1) is 23.3 Å². The van der Waals surface area contributed by atoms with Gasteiger partial charge in [0.1, 0.15) is 6.04 Å². The quantitative estimate of drug-likeness (QED) is 0.488. The van der Waals surface area contributed by atoms with Gasteiger partial charge in [0.2, 0.25) is 15.9 Å². The lowest BCUT2D eigenvalue weighted by atomic mass is 9.97. The summed E-state index contributed by atoms with van der Waals surface area (Å²) >= 11 is 0. The average molecular weight is 472 g/mol. The molecular formula is C23H25N3O6S. The summed E-state index contributed by atoms with van der Waals surface area (Å²) in [7, 11) is -3.91. The Morgan fingerprint density at radius 3 is 2.52 bits per heavy atom. The molecule has 1 unspecified atom stereocenters. The smallest absolute Gasteiger partial charge is 0.290 e. The zero-order valence-corrected chi connectivity index (χ0v) is 18.8. The number of carbonyl (C=O) groups excluding carboxylic acids is 3. The number of hydrogen-bond acceptors (Lipinski definition) is 6. The fourth-order valence-corrected chi connectivity index (χ4v) is 4.77. The van der Waals surface area contributed by atoms with E-state index in [9.17, 15) is 22.8 Å². The molecule has 1 fully saturated rings. The van der Waals surface area contributed by atoms with E-state index in [1.165, 1.54) is 47.1 Å². The second-order valence-electron chi connectivity index (χ2n) is 8.16. The number of nitrogens with two attached hydrogens (primary N) is 1. The van der Waals surface area contributed by atoms with Gasteiger partial charge in [-0.25, -0.2) is 18.5 Å². The Morgan fingerprint density at radius 2 is 1.91 bits per heavy atom. The summed E-state index contributed by atoms with van der Waals surface area (Å²) in [6.07, 6.45) is 8.23. The lowest BCUT2D eigenvalue weighted by Crippen LogP contribution is -2.46. The molecule has 3 amide bonds. The number of allylic oxidation sites excluding steroid dienone is 1. The highest BCUT2D eigenvalue weighted by atomic mass is 32.2. The van der Waals surface area contributed by atoms with Crippen LogP contribution in [-0.2, 0) is 19.6 Å². The molecule has 1 aromatic heterocycles. The lowest BCUT2D eigenvalue weighted by Gasteiger charge is -2.27. The molecule has 0 radical (unpaired) electrons. The Morgan fingerprint density at radius 1 is 1.15 bits per heavy atom. The standard InChI is InChI=1S/C23H25N3O6S/c24-33(30,31)18-10-8-17(9-11-18)26-21(27)15-19(22(26)28)25(23(29)20-7-4-14-32-20)13-12-16-5-2-1-3-6-16/h4-5,7-11,14,19H,1-3,6,12-13,15H2,(H2,24,30,31). The molecule has 1 atom stereocenters. The molecule has 1 aromatic carbocycles. The summed E-state index contributed by atoms with van der Waals surface area (Å²) in [5.41, 5.74) is 1.46. The monoisotopic (exact) mass is 471 g/mol. The number of benzene rings is 1. The van der Waals surface area contributed by atoms with Crippen molar-refractivity contribution in [3.8, 4) is 0 Å². The number of carbonyl (C=O) groups is 3. The number of imide groups is 1. The van der Waals surface area contributed by atoms with Crippen LogP contribution in [0.15, 0.2) is 63.6 Å². The molecule has 2 N–H and O–H groups in total. The lowest BCUT2D eigenvalue weighted by molar-refractivity contribution is -0.122. The first-order chi connectivity index (χ1) is 15.8. The third-order valence-corrected chi connectivity index (χ3v) is 6.90. The number of anilines is 1. The first-order valence-corrected chi connectivity index (χ1v) is 12.3. The Kier molecular flexibility index (Phi) is 6.48. The van der Waals surface area contributed by atoms with Gasteiger partial charge in [-0.3, -0.25) is 14.4 Å². The Balaban J connectivity index is 1.58. The maximum Gasteiger partial charge on any atom is 0.290 e. The van der Waals surface area contributed by atoms with Crippen LogP contribution in [0, 0.1) is 0 Å². The minimum atomic E-state index is -3.91. The van der Waals surface area contributed by atoms with Gasteiger partial charge in [-0.1, -0.05) is 11.6 Å². The van der Waals surface area contributed by atoms with Crippen LogP contribution in [0.4, 0.5) is 5.69 Å². The molecule has 10 heteroatoms. The largest absolute Gasteiger partial charge is 0.459 e. The predicted molar refractivity (Wildman–Crippen MR) is 120 cm³/mol. The van der Waals surface area contributed by atoms with Gasteiger partial charge in [0.15, 0.2) is 5.76 Å². The number of primary sulfonamides is 1. The zero-order chi connectivity index (χ0) is 23.6. The van der Waals surface area contributed by atoms with Gasteiger partial charge < -0.3 is 9.32 Å². The van der Waals surface area contributed by atoms with E-state index in [1.54, 1.807) is 6.07 Å². The Labute approximate surface area is 191 Å². The number of sulfonamides is 1. The second-order valence-corrected chi connectivity index (χ2v) is 9.72. The van der Waals surface area contributed by atoms with Crippen LogP contribution < -0.4 is 10.0 Å². The number of furan rings is 1. The number of hydrogen-bond donors (Lipinski definition) is 1. The summed E-state index contributed by atoms with van der Waals surface area (Å²) < 4.78 is 28.3. The van der Waals surface area contributed by atoms with Crippen LogP contribution in [0.25, 0.3) is 0 Å². The second kappa shape index (κ2) is 9.32. The highest BCUT2D eigenvalue weighted by molar-refractivity contribution is 7.89. The molecule has 0 bridgehead atoms. The van der Waals surface area contributed by atoms with E-state index in [2.05, 4.69) is 6.08 Å². The van der Waals surface area contributed by atoms with Crippen molar-refractivity contribution in [1.29, 1.82) is 0 Å². The molecule has 1 aliphatic carbocycles. The van der Waals surface area contributed by atoms with Crippen LogP contribution in [0.5, 0.6) is 0 Å². The summed E-state index contributed by atoms with van der Waals surface area (Å²) in [6.45, 7) is 0.285. The molecule has 0 spiro atoms. The first-order valence-electron chi connectivity index (χ1n) is 10.8. The summed E-state index contributed by atoms with van der Waals surface area (Å²) in [5, 5.41) is 5.12. The number of nitrogens with zero attached hydrogens (tertiary/aromatic N) is 2. The van der Waals surface area contributed by atoms with Crippen molar-refractivity contribution in [1.82, 2.24) is 4.90 Å². The molecule has 2 aromatic rings. The molecule has 2 heterocycles. The maximum absolute atomic E-state index is 13.3. The molecule has 174 valence electrons. The minimum Gasteiger partial charge on any atom is -0.459 e. The van der Waals surface area contributed by atoms with E-state index in [-0.39, 0.29) is 29.3 Å². The van der Waals surface area contributed by atoms with Gasteiger partial charge in [-0.15, -0.1) is 0 Å². The molecule has 4 rings (SSSR count). The van der Waals surface area contributed by atoms with Crippen molar-refractivity contribution in [3.05, 3.63) is 60.1 Å². The maximum atomic E-state index is 13.3. The summed E-state index contributed by atoms with van der Waals surface area (Å²) in [6, 6.07) is 7.32. The topological polar surface area (TPSA) is 131 Å². The van der Waals surface area contributed by atoms with Crippen molar-refractivity contribution in [3.63, 3.8) is 0 Å². The fourth-order valence-electron chi connectivity index (χ4n) is 4.25. The minimum absolute atomic E-state index is 0.101. The van der Waals surface area contributed by atoms with Crippen molar-refractivity contribution >= 4 is 33.4 Å².